The first kappa shape index (κ1) is 14.4. The molecule has 1 saturated carbocycles. The van der Waals surface area contributed by atoms with E-state index in [0.29, 0.717) is 11.3 Å². The van der Waals surface area contributed by atoms with Crippen molar-refractivity contribution in [3.63, 3.8) is 0 Å². The molecule has 1 aliphatic carbocycles. The first-order chi connectivity index (χ1) is 8.56. The van der Waals surface area contributed by atoms with Gasteiger partial charge in [-0.3, -0.25) is 0 Å². The van der Waals surface area contributed by atoms with E-state index in [2.05, 4.69) is 40.8 Å². The molecule has 1 aliphatic rings. The zero-order chi connectivity index (χ0) is 13.1. The molecule has 0 spiro atoms. The second-order valence-electron chi connectivity index (χ2n) is 5.45. The molecule has 0 aliphatic heterocycles. The topological polar surface area (TPSA) is 38.9 Å². The summed E-state index contributed by atoms with van der Waals surface area (Å²) in [6.45, 7) is 4.64. The molecule has 3 atom stereocenters. The predicted molar refractivity (Wildman–Crippen MR) is 81.7 cm³/mol. The number of thioether (sulfide) groups is 1. The van der Waals surface area contributed by atoms with Crippen LogP contribution in [0.1, 0.15) is 33.1 Å². The molecule has 0 radical (unpaired) electrons. The van der Waals surface area contributed by atoms with Crippen molar-refractivity contribution < 1.29 is 0 Å². The second-order valence-corrected chi connectivity index (χ2v) is 7.63. The highest BCUT2D eigenvalue weighted by atomic mass is 79.9. The van der Waals surface area contributed by atoms with E-state index in [1.807, 2.05) is 24.0 Å². The molecular formula is C14H21BrN2S. The molecular weight excluding hydrogens is 308 g/mol. The van der Waals surface area contributed by atoms with Crippen LogP contribution in [0.5, 0.6) is 0 Å². The summed E-state index contributed by atoms with van der Waals surface area (Å²) in [7, 11) is 0. The molecule has 1 fully saturated rings. The van der Waals surface area contributed by atoms with Gasteiger partial charge in [-0.2, -0.15) is 0 Å². The number of aromatic nitrogens is 1. The molecule has 0 amide bonds. The van der Waals surface area contributed by atoms with Crippen LogP contribution >= 0.6 is 27.7 Å². The van der Waals surface area contributed by atoms with Gasteiger partial charge in [-0.1, -0.05) is 13.8 Å². The van der Waals surface area contributed by atoms with Crippen LogP contribution in [0.15, 0.2) is 27.8 Å². The second kappa shape index (κ2) is 6.40. The largest absolute Gasteiger partial charge is 0.327 e. The van der Waals surface area contributed by atoms with E-state index in [1.165, 1.54) is 12.8 Å². The quantitative estimate of drug-likeness (QED) is 0.908. The lowest BCUT2D eigenvalue weighted by molar-refractivity contribution is 0.266. The van der Waals surface area contributed by atoms with E-state index in [1.54, 1.807) is 0 Å². The third-order valence-corrected chi connectivity index (χ3v) is 5.60. The van der Waals surface area contributed by atoms with Gasteiger partial charge in [0.05, 0.1) is 5.03 Å². The standard InChI is InChI=1S/C14H21BrN2S/c1-9(2)10-3-5-12(16)13(7-10)18-14-6-4-11(15)8-17-14/h4,6,8-10,12-13H,3,5,7,16H2,1-2H3. The van der Waals surface area contributed by atoms with E-state index in [4.69, 9.17) is 5.73 Å². The van der Waals surface area contributed by atoms with Crippen molar-refractivity contribution in [3.05, 3.63) is 22.8 Å². The maximum absolute atomic E-state index is 6.26. The number of hydrogen-bond acceptors (Lipinski definition) is 3. The van der Waals surface area contributed by atoms with Crippen LogP contribution < -0.4 is 5.73 Å². The van der Waals surface area contributed by atoms with Gasteiger partial charge in [-0.25, -0.2) is 4.98 Å². The van der Waals surface area contributed by atoms with Gasteiger partial charge in [0.1, 0.15) is 0 Å². The number of nitrogens with zero attached hydrogens (tertiary/aromatic N) is 1. The fourth-order valence-electron chi connectivity index (χ4n) is 2.51. The fraction of sp³-hybridized carbons (Fsp3) is 0.643. The van der Waals surface area contributed by atoms with Gasteiger partial charge in [-0.15, -0.1) is 11.8 Å². The van der Waals surface area contributed by atoms with Gasteiger partial charge in [0.2, 0.25) is 0 Å². The fourth-order valence-corrected chi connectivity index (χ4v) is 3.97. The minimum Gasteiger partial charge on any atom is -0.327 e. The van der Waals surface area contributed by atoms with Crippen molar-refractivity contribution in [2.24, 2.45) is 17.6 Å². The van der Waals surface area contributed by atoms with Crippen LogP contribution in [-0.2, 0) is 0 Å². The van der Waals surface area contributed by atoms with Crippen molar-refractivity contribution in [1.82, 2.24) is 4.98 Å². The summed E-state index contributed by atoms with van der Waals surface area (Å²) in [5, 5.41) is 1.60. The lowest BCUT2D eigenvalue weighted by atomic mass is 9.79. The molecule has 3 unspecified atom stereocenters. The summed E-state index contributed by atoms with van der Waals surface area (Å²) in [5.74, 6) is 1.58. The molecule has 18 heavy (non-hydrogen) atoms. The van der Waals surface area contributed by atoms with Crippen molar-refractivity contribution in [2.45, 2.75) is 49.4 Å². The normalized spacial score (nSPS) is 28.6. The molecule has 1 aromatic heterocycles. The Morgan fingerprint density at radius 1 is 1.39 bits per heavy atom. The van der Waals surface area contributed by atoms with Crippen molar-refractivity contribution in [1.29, 1.82) is 0 Å². The number of rotatable bonds is 3. The number of halogens is 1. The Bertz CT molecular complexity index is 380. The predicted octanol–water partition coefficient (Wildman–Crippen LogP) is 4.09. The van der Waals surface area contributed by atoms with Gasteiger partial charge >= 0.3 is 0 Å². The molecule has 1 aromatic rings. The van der Waals surface area contributed by atoms with Crippen LogP contribution in [0, 0.1) is 11.8 Å². The van der Waals surface area contributed by atoms with E-state index in [-0.39, 0.29) is 0 Å². The van der Waals surface area contributed by atoms with E-state index >= 15 is 0 Å². The van der Waals surface area contributed by atoms with Crippen LogP contribution in [-0.4, -0.2) is 16.3 Å². The minimum absolute atomic E-state index is 0.315. The first-order valence-electron chi connectivity index (χ1n) is 6.60. The van der Waals surface area contributed by atoms with Gasteiger partial charge < -0.3 is 5.73 Å². The monoisotopic (exact) mass is 328 g/mol. The molecule has 2 nitrogen and oxygen atoms in total. The maximum atomic E-state index is 6.26. The lowest BCUT2D eigenvalue weighted by Gasteiger charge is -2.35. The highest BCUT2D eigenvalue weighted by Crippen LogP contribution is 2.37. The third-order valence-electron chi connectivity index (χ3n) is 3.80. The lowest BCUT2D eigenvalue weighted by Crippen LogP contribution is -2.39. The average molecular weight is 329 g/mol. The Hall–Kier alpha value is -0.0600. The zero-order valence-corrected chi connectivity index (χ0v) is 13.4. The summed E-state index contributed by atoms with van der Waals surface area (Å²) >= 11 is 5.26. The Morgan fingerprint density at radius 2 is 2.17 bits per heavy atom. The molecule has 100 valence electrons. The van der Waals surface area contributed by atoms with Gasteiger partial charge in [0.15, 0.2) is 0 Å². The molecule has 2 rings (SSSR count). The van der Waals surface area contributed by atoms with Crippen LogP contribution in [0.2, 0.25) is 0 Å². The highest BCUT2D eigenvalue weighted by Gasteiger charge is 2.30. The molecule has 2 N–H and O–H groups in total. The van der Waals surface area contributed by atoms with Crippen LogP contribution in [0.4, 0.5) is 0 Å². The number of nitrogens with two attached hydrogens (primary N) is 1. The number of hydrogen-bond donors (Lipinski definition) is 1. The average Bonchev–Trinajstić information content (AvgIpc) is 2.34. The molecule has 0 bridgehead atoms. The summed E-state index contributed by atoms with van der Waals surface area (Å²) in [6, 6.07) is 4.43. The first-order valence-corrected chi connectivity index (χ1v) is 8.27. The Labute approximate surface area is 122 Å². The van der Waals surface area contributed by atoms with Crippen molar-refractivity contribution in [2.75, 3.05) is 0 Å². The Morgan fingerprint density at radius 3 is 2.78 bits per heavy atom. The smallest absolute Gasteiger partial charge is 0.0963 e. The zero-order valence-electron chi connectivity index (χ0n) is 11.0. The number of pyridine rings is 1. The Balaban J connectivity index is 2.00. The third kappa shape index (κ3) is 3.72. The Kier molecular flexibility index (Phi) is 5.10. The summed E-state index contributed by atoms with van der Waals surface area (Å²) in [5.41, 5.74) is 6.26. The molecule has 0 aromatic carbocycles. The molecule has 1 heterocycles. The van der Waals surface area contributed by atoms with Crippen LogP contribution in [0.3, 0.4) is 0 Å². The SMILES string of the molecule is CC(C)C1CCC(N)C(Sc2ccc(Br)cn2)C1. The van der Waals surface area contributed by atoms with Crippen molar-refractivity contribution >= 4 is 27.7 Å². The van der Waals surface area contributed by atoms with E-state index < -0.39 is 0 Å². The van der Waals surface area contributed by atoms with E-state index in [0.717, 1.165) is 27.8 Å². The highest BCUT2D eigenvalue weighted by molar-refractivity contribution is 9.10. The van der Waals surface area contributed by atoms with Crippen LogP contribution in [0.25, 0.3) is 0 Å². The van der Waals surface area contributed by atoms with Gasteiger partial charge in [-0.05, 0) is 59.2 Å². The van der Waals surface area contributed by atoms with Gasteiger partial charge in [0.25, 0.3) is 0 Å². The minimum atomic E-state index is 0.315. The van der Waals surface area contributed by atoms with Gasteiger partial charge in [0, 0.05) is 22.0 Å². The molecule has 4 heteroatoms. The summed E-state index contributed by atoms with van der Waals surface area (Å²) < 4.78 is 1.03. The molecule has 0 saturated heterocycles. The van der Waals surface area contributed by atoms with Crippen molar-refractivity contribution in [3.8, 4) is 0 Å². The maximum Gasteiger partial charge on any atom is 0.0963 e. The summed E-state index contributed by atoms with van der Waals surface area (Å²) in [6.07, 6.45) is 5.51. The summed E-state index contributed by atoms with van der Waals surface area (Å²) in [4.78, 5) is 4.44. The van der Waals surface area contributed by atoms with E-state index in [9.17, 15) is 0 Å².